The van der Waals surface area contributed by atoms with Crippen molar-refractivity contribution in [2.75, 3.05) is 25.6 Å². The van der Waals surface area contributed by atoms with Gasteiger partial charge in [-0.1, -0.05) is 41.9 Å². The second kappa shape index (κ2) is 9.78. The predicted octanol–water partition coefficient (Wildman–Crippen LogP) is 4.36. The van der Waals surface area contributed by atoms with Crippen molar-refractivity contribution in [3.63, 3.8) is 0 Å². The van der Waals surface area contributed by atoms with Gasteiger partial charge in [0.05, 0.1) is 24.5 Å². The van der Waals surface area contributed by atoms with Crippen LogP contribution in [0.2, 0.25) is 5.02 Å². The van der Waals surface area contributed by atoms with Crippen molar-refractivity contribution >= 4 is 34.7 Å². The van der Waals surface area contributed by atoms with Gasteiger partial charge in [0.1, 0.15) is 11.4 Å². The van der Waals surface area contributed by atoms with Crippen LogP contribution in [0.15, 0.2) is 54.2 Å². The van der Waals surface area contributed by atoms with E-state index in [1.165, 1.54) is 12.0 Å². The highest BCUT2D eigenvalue weighted by Gasteiger charge is 2.39. The first-order valence-corrected chi connectivity index (χ1v) is 10.2. The molecule has 6 nitrogen and oxygen atoms in total. The minimum atomic E-state index is -0.384. The molecule has 0 saturated heterocycles. The number of halogens is 1. The number of imide groups is 1. The average Bonchev–Trinajstić information content (AvgIpc) is 2.95. The number of nitrogens with one attached hydrogen (secondary N) is 1. The maximum absolute atomic E-state index is 13.2. The number of methoxy groups -OCH3 is 1. The summed E-state index contributed by atoms with van der Waals surface area (Å²) in [6.07, 6.45) is 0.659. The number of nitrogens with zero attached hydrogens (tertiary/aromatic N) is 1. The third-order valence-corrected chi connectivity index (χ3v) is 4.86. The Morgan fingerprint density at radius 3 is 2.47 bits per heavy atom. The van der Waals surface area contributed by atoms with Crippen LogP contribution in [0.5, 0.6) is 5.75 Å². The Morgan fingerprint density at radius 1 is 1.07 bits per heavy atom. The van der Waals surface area contributed by atoms with Crippen molar-refractivity contribution in [3.05, 3.63) is 64.8 Å². The number of carbonyl (C=O) groups is 2. The van der Waals surface area contributed by atoms with Crippen LogP contribution in [-0.4, -0.2) is 43.1 Å². The van der Waals surface area contributed by atoms with Crippen molar-refractivity contribution in [1.29, 1.82) is 0 Å². The van der Waals surface area contributed by atoms with E-state index in [1.807, 2.05) is 44.2 Å². The number of benzene rings is 2. The summed E-state index contributed by atoms with van der Waals surface area (Å²) in [5.41, 5.74) is 1.71. The largest absolute Gasteiger partial charge is 0.495 e. The van der Waals surface area contributed by atoms with Crippen LogP contribution in [0, 0.1) is 0 Å². The zero-order chi connectivity index (χ0) is 21.7. The first-order chi connectivity index (χ1) is 14.4. The van der Waals surface area contributed by atoms with E-state index in [1.54, 1.807) is 18.2 Å². The lowest BCUT2D eigenvalue weighted by molar-refractivity contribution is -0.137. The molecule has 2 aromatic carbocycles. The Kier molecular flexibility index (Phi) is 7.13. The fraction of sp³-hybridized carbons (Fsp3) is 0.304. The van der Waals surface area contributed by atoms with Crippen molar-refractivity contribution < 1.29 is 19.1 Å². The number of carbonyl (C=O) groups excluding carboxylic acids is 2. The lowest BCUT2D eigenvalue weighted by atomic mass is 10.0. The number of hydrogen-bond donors (Lipinski definition) is 1. The molecular formula is C23H25ClN2O4. The number of amides is 2. The Balaban J connectivity index is 1.93. The van der Waals surface area contributed by atoms with Crippen molar-refractivity contribution in [2.24, 2.45) is 0 Å². The third-order valence-electron chi connectivity index (χ3n) is 4.63. The van der Waals surface area contributed by atoms with Gasteiger partial charge in [0.15, 0.2) is 0 Å². The molecule has 0 unspecified atom stereocenters. The summed E-state index contributed by atoms with van der Waals surface area (Å²) in [4.78, 5) is 27.6. The highest BCUT2D eigenvalue weighted by Crippen LogP contribution is 2.34. The van der Waals surface area contributed by atoms with Gasteiger partial charge in [-0.25, -0.2) is 0 Å². The predicted molar refractivity (Wildman–Crippen MR) is 117 cm³/mol. The number of hydrogen-bond acceptors (Lipinski definition) is 5. The molecule has 1 N–H and O–H groups in total. The standard InChI is InChI=1S/C23H25ClN2O4/c1-15(2)30-13-7-12-26-22(27)20(16-8-5-4-6-9-16)21(23(26)28)25-18-14-17(24)10-11-19(18)29-3/h4-6,8-11,14-15,25H,7,12-13H2,1-3H3. The summed E-state index contributed by atoms with van der Waals surface area (Å²) in [5.74, 6) is -0.201. The Morgan fingerprint density at radius 2 is 1.80 bits per heavy atom. The summed E-state index contributed by atoms with van der Waals surface area (Å²) in [7, 11) is 1.53. The molecule has 0 saturated carbocycles. The normalized spacial score (nSPS) is 14.1. The van der Waals surface area contributed by atoms with Crippen LogP contribution < -0.4 is 10.1 Å². The van der Waals surface area contributed by atoms with E-state index < -0.39 is 0 Å². The van der Waals surface area contributed by atoms with Gasteiger partial charge in [-0.05, 0) is 44.0 Å². The first kappa shape index (κ1) is 21.9. The van der Waals surface area contributed by atoms with Crippen molar-refractivity contribution in [1.82, 2.24) is 4.90 Å². The van der Waals surface area contributed by atoms with Gasteiger partial charge in [0.25, 0.3) is 11.8 Å². The molecule has 30 heavy (non-hydrogen) atoms. The van der Waals surface area contributed by atoms with Gasteiger partial charge >= 0.3 is 0 Å². The van der Waals surface area contributed by atoms with Crippen LogP contribution in [0.25, 0.3) is 5.57 Å². The van der Waals surface area contributed by atoms with E-state index in [2.05, 4.69) is 5.32 Å². The van der Waals surface area contributed by atoms with E-state index in [4.69, 9.17) is 21.1 Å². The molecule has 2 amide bonds. The molecule has 1 aliphatic heterocycles. The van der Waals surface area contributed by atoms with Gasteiger partial charge < -0.3 is 14.8 Å². The Hall–Kier alpha value is -2.83. The molecule has 0 atom stereocenters. The molecule has 7 heteroatoms. The molecule has 3 rings (SSSR count). The van der Waals surface area contributed by atoms with Crippen LogP contribution in [0.1, 0.15) is 25.8 Å². The van der Waals surface area contributed by atoms with E-state index >= 15 is 0 Å². The SMILES string of the molecule is COc1ccc(Cl)cc1NC1=C(c2ccccc2)C(=O)N(CCCOC(C)C)C1=O. The molecule has 0 fully saturated rings. The zero-order valence-electron chi connectivity index (χ0n) is 17.3. The fourth-order valence-corrected chi connectivity index (χ4v) is 3.39. The number of anilines is 1. The van der Waals surface area contributed by atoms with E-state index in [9.17, 15) is 9.59 Å². The van der Waals surface area contributed by atoms with Crippen LogP contribution >= 0.6 is 11.6 Å². The average molecular weight is 429 g/mol. The lowest BCUT2D eigenvalue weighted by Gasteiger charge is -2.16. The van der Waals surface area contributed by atoms with Gasteiger partial charge in [-0.3, -0.25) is 14.5 Å². The first-order valence-electron chi connectivity index (χ1n) is 9.80. The molecule has 1 aliphatic rings. The monoisotopic (exact) mass is 428 g/mol. The highest BCUT2D eigenvalue weighted by molar-refractivity contribution is 6.36. The molecule has 0 spiro atoms. The third kappa shape index (κ3) is 4.83. The van der Waals surface area contributed by atoms with Gasteiger partial charge in [0, 0.05) is 18.2 Å². The van der Waals surface area contributed by atoms with Gasteiger partial charge in [-0.2, -0.15) is 0 Å². The Labute approximate surface area is 181 Å². The van der Waals surface area contributed by atoms with Gasteiger partial charge in [-0.15, -0.1) is 0 Å². The Bertz CT molecular complexity index is 957. The molecule has 0 bridgehead atoms. The smallest absolute Gasteiger partial charge is 0.278 e. The van der Waals surface area contributed by atoms with E-state index in [0.717, 1.165) is 0 Å². The van der Waals surface area contributed by atoms with Crippen molar-refractivity contribution in [2.45, 2.75) is 26.4 Å². The minimum absolute atomic E-state index is 0.0977. The zero-order valence-corrected chi connectivity index (χ0v) is 18.0. The van der Waals surface area contributed by atoms with E-state index in [0.29, 0.717) is 40.6 Å². The minimum Gasteiger partial charge on any atom is -0.495 e. The topological polar surface area (TPSA) is 67.9 Å². The second-order valence-electron chi connectivity index (χ2n) is 7.12. The highest BCUT2D eigenvalue weighted by atomic mass is 35.5. The molecule has 2 aromatic rings. The second-order valence-corrected chi connectivity index (χ2v) is 7.56. The quantitative estimate of drug-likeness (QED) is 0.475. The van der Waals surface area contributed by atoms with Crippen LogP contribution in [0.3, 0.4) is 0 Å². The molecule has 0 aliphatic carbocycles. The fourth-order valence-electron chi connectivity index (χ4n) is 3.22. The van der Waals surface area contributed by atoms with Crippen LogP contribution in [0.4, 0.5) is 5.69 Å². The molecule has 0 radical (unpaired) electrons. The molecular weight excluding hydrogens is 404 g/mol. The summed E-state index contributed by atoms with van der Waals surface area (Å²) >= 11 is 6.13. The molecule has 158 valence electrons. The maximum atomic E-state index is 13.2. The van der Waals surface area contributed by atoms with Crippen LogP contribution in [-0.2, 0) is 14.3 Å². The van der Waals surface area contributed by atoms with Crippen molar-refractivity contribution in [3.8, 4) is 5.75 Å². The molecule has 0 aromatic heterocycles. The summed E-state index contributed by atoms with van der Waals surface area (Å²) in [6, 6.07) is 14.2. The summed E-state index contributed by atoms with van der Waals surface area (Å²) in [5, 5.41) is 3.58. The van der Waals surface area contributed by atoms with E-state index in [-0.39, 0.29) is 30.2 Å². The maximum Gasteiger partial charge on any atom is 0.278 e. The number of ether oxygens (including phenoxy) is 2. The summed E-state index contributed by atoms with van der Waals surface area (Å²) in [6.45, 7) is 4.64. The number of rotatable bonds is 9. The summed E-state index contributed by atoms with van der Waals surface area (Å²) < 4.78 is 10.9. The molecule has 1 heterocycles. The van der Waals surface area contributed by atoms with Gasteiger partial charge in [0.2, 0.25) is 0 Å². The lowest BCUT2D eigenvalue weighted by Crippen LogP contribution is -2.34.